The molecular formula is C27H31N3O5. The highest BCUT2D eigenvalue weighted by atomic mass is 16.4. The molecule has 2 aliphatic rings. The van der Waals surface area contributed by atoms with Gasteiger partial charge in [-0.2, -0.15) is 0 Å². The monoisotopic (exact) mass is 477 g/mol. The molecule has 0 bridgehead atoms. The van der Waals surface area contributed by atoms with Gasteiger partial charge in [0.2, 0.25) is 0 Å². The molecule has 1 saturated heterocycles. The van der Waals surface area contributed by atoms with Gasteiger partial charge in [-0.05, 0) is 55.5 Å². The van der Waals surface area contributed by atoms with Crippen molar-refractivity contribution < 1.29 is 24.3 Å². The number of carbonyl (C=O) groups is 4. The number of carboxylic acid groups (broad SMARTS) is 1. The van der Waals surface area contributed by atoms with Crippen LogP contribution in [0.25, 0.3) is 0 Å². The van der Waals surface area contributed by atoms with Gasteiger partial charge in [-0.3, -0.25) is 9.59 Å². The Morgan fingerprint density at radius 3 is 2.17 bits per heavy atom. The number of anilines is 1. The molecule has 1 unspecified atom stereocenters. The molecule has 2 aromatic carbocycles. The highest BCUT2D eigenvalue weighted by Crippen LogP contribution is 2.40. The van der Waals surface area contributed by atoms with Gasteiger partial charge in [-0.25, -0.2) is 14.5 Å². The van der Waals surface area contributed by atoms with Crippen molar-refractivity contribution in [1.29, 1.82) is 0 Å². The lowest BCUT2D eigenvalue weighted by Gasteiger charge is -2.36. The summed E-state index contributed by atoms with van der Waals surface area (Å²) in [6, 6.07) is 10.6. The quantitative estimate of drug-likeness (QED) is 0.608. The lowest BCUT2D eigenvalue weighted by molar-refractivity contribution is -0.148. The number of nitrogens with zero attached hydrogens (tertiary/aromatic N) is 2. The molecule has 4 rings (SSSR count). The van der Waals surface area contributed by atoms with Gasteiger partial charge >= 0.3 is 12.0 Å². The Bertz CT molecular complexity index is 1150. The molecule has 1 aliphatic carbocycles. The smallest absolute Gasteiger partial charge is 0.328 e. The van der Waals surface area contributed by atoms with Crippen molar-refractivity contribution in [2.75, 3.05) is 12.4 Å². The number of rotatable bonds is 6. The van der Waals surface area contributed by atoms with Crippen LogP contribution in [0.5, 0.6) is 0 Å². The first-order valence-electron chi connectivity index (χ1n) is 12.0. The molecule has 1 saturated carbocycles. The van der Waals surface area contributed by atoms with Gasteiger partial charge in [0, 0.05) is 24.7 Å². The molecule has 35 heavy (non-hydrogen) atoms. The number of imide groups is 1. The van der Waals surface area contributed by atoms with Crippen molar-refractivity contribution >= 4 is 29.5 Å². The number of likely N-dealkylation sites (N-methyl/N-ethyl adjacent to an activating group) is 1. The third-order valence-corrected chi connectivity index (χ3v) is 7.38. The summed E-state index contributed by atoms with van der Waals surface area (Å²) in [7, 11) is 1.60. The second-order valence-electron chi connectivity index (χ2n) is 9.59. The van der Waals surface area contributed by atoms with E-state index in [1.807, 2.05) is 32.0 Å². The number of amides is 4. The van der Waals surface area contributed by atoms with Crippen LogP contribution >= 0.6 is 0 Å². The molecule has 2 fully saturated rings. The number of aliphatic carboxylic acids is 1. The average molecular weight is 478 g/mol. The van der Waals surface area contributed by atoms with Crippen molar-refractivity contribution in [2.24, 2.45) is 0 Å². The summed E-state index contributed by atoms with van der Waals surface area (Å²) in [6.45, 7) is 3.76. The number of hydrogen-bond donors (Lipinski definition) is 2. The third kappa shape index (κ3) is 4.40. The highest BCUT2D eigenvalue weighted by molar-refractivity contribution is 6.09. The van der Waals surface area contributed by atoms with E-state index in [9.17, 15) is 24.3 Å². The molecule has 8 nitrogen and oxygen atoms in total. The van der Waals surface area contributed by atoms with E-state index in [0.29, 0.717) is 29.7 Å². The van der Waals surface area contributed by atoms with Crippen molar-refractivity contribution in [3.8, 4) is 0 Å². The summed E-state index contributed by atoms with van der Waals surface area (Å²) in [5.41, 5.74) is 2.67. The SMILES string of the molecule is Cc1cccc(C)c1C(=O)Nc1ccc(CC(C(=O)O)N2C(=O)N(C)C3(CCCCC3)C2=O)cc1. The largest absolute Gasteiger partial charge is 0.480 e. The predicted molar refractivity (Wildman–Crippen MR) is 131 cm³/mol. The molecule has 0 radical (unpaired) electrons. The molecule has 2 aromatic rings. The first-order valence-corrected chi connectivity index (χ1v) is 12.0. The number of hydrogen-bond acceptors (Lipinski definition) is 4. The van der Waals surface area contributed by atoms with E-state index >= 15 is 0 Å². The van der Waals surface area contributed by atoms with Gasteiger partial charge in [0.15, 0.2) is 0 Å². The fourth-order valence-corrected chi connectivity index (χ4v) is 5.36. The highest BCUT2D eigenvalue weighted by Gasteiger charge is 2.58. The minimum Gasteiger partial charge on any atom is -0.480 e. The average Bonchev–Trinajstić information content (AvgIpc) is 2.99. The van der Waals surface area contributed by atoms with Gasteiger partial charge in [0.05, 0.1) is 0 Å². The normalized spacial score (nSPS) is 18.1. The van der Waals surface area contributed by atoms with Crippen LogP contribution in [0.1, 0.15) is 59.2 Å². The van der Waals surface area contributed by atoms with Gasteiger partial charge < -0.3 is 15.3 Å². The Kier molecular flexibility index (Phi) is 6.65. The van der Waals surface area contributed by atoms with Crippen LogP contribution in [0.2, 0.25) is 0 Å². The zero-order valence-electron chi connectivity index (χ0n) is 20.3. The Morgan fingerprint density at radius 2 is 1.60 bits per heavy atom. The first-order chi connectivity index (χ1) is 16.7. The minimum absolute atomic E-state index is 0.0120. The number of aryl methyl sites for hydroxylation is 2. The minimum atomic E-state index is -1.30. The Balaban J connectivity index is 1.50. The molecule has 1 atom stereocenters. The maximum Gasteiger partial charge on any atom is 0.328 e. The second kappa shape index (κ2) is 9.52. The van der Waals surface area contributed by atoms with Gasteiger partial charge in [-0.15, -0.1) is 0 Å². The fourth-order valence-electron chi connectivity index (χ4n) is 5.36. The lowest BCUT2D eigenvalue weighted by atomic mass is 9.80. The Hall–Kier alpha value is -3.68. The standard InChI is InChI=1S/C27H31N3O5/c1-17-8-7-9-18(2)22(17)23(31)28-20-12-10-19(11-13-20)16-21(24(32)33)30-25(34)27(29(3)26(30)35)14-5-4-6-15-27/h7-13,21H,4-6,14-16H2,1-3H3,(H,28,31)(H,32,33). The molecule has 1 aliphatic heterocycles. The number of urea groups is 1. The topological polar surface area (TPSA) is 107 Å². The lowest BCUT2D eigenvalue weighted by Crippen LogP contribution is -2.51. The molecule has 184 valence electrons. The Labute approximate surface area is 204 Å². The maximum absolute atomic E-state index is 13.4. The van der Waals surface area contributed by atoms with E-state index in [2.05, 4.69) is 5.32 Å². The summed E-state index contributed by atoms with van der Waals surface area (Å²) in [4.78, 5) is 53.7. The van der Waals surface area contributed by atoms with E-state index < -0.39 is 29.5 Å². The number of carboxylic acids is 1. The zero-order valence-corrected chi connectivity index (χ0v) is 20.3. The van der Waals surface area contributed by atoms with Crippen molar-refractivity contribution in [3.63, 3.8) is 0 Å². The van der Waals surface area contributed by atoms with Crippen LogP contribution in [0.3, 0.4) is 0 Å². The third-order valence-electron chi connectivity index (χ3n) is 7.38. The summed E-state index contributed by atoms with van der Waals surface area (Å²) in [5.74, 6) is -1.85. The number of benzene rings is 2. The molecule has 2 N–H and O–H groups in total. The van der Waals surface area contributed by atoms with Crippen LogP contribution in [-0.2, 0) is 16.0 Å². The zero-order chi connectivity index (χ0) is 25.3. The summed E-state index contributed by atoms with van der Waals surface area (Å²) in [6.07, 6.45) is 3.79. The van der Waals surface area contributed by atoms with Gasteiger partial charge in [0.25, 0.3) is 11.8 Å². The van der Waals surface area contributed by atoms with Crippen molar-refractivity contribution in [2.45, 2.75) is 64.0 Å². The second-order valence-corrected chi connectivity index (χ2v) is 9.59. The number of carbonyl (C=O) groups excluding carboxylic acids is 3. The van der Waals surface area contributed by atoms with E-state index in [1.54, 1.807) is 31.3 Å². The molecule has 0 aromatic heterocycles. The number of nitrogens with one attached hydrogen (secondary N) is 1. The van der Waals surface area contributed by atoms with E-state index in [1.165, 1.54) is 4.90 Å². The van der Waals surface area contributed by atoms with Crippen LogP contribution in [-0.4, -0.2) is 57.3 Å². The van der Waals surface area contributed by atoms with Crippen LogP contribution < -0.4 is 5.32 Å². The van der Waals surface area contributed by atoms with Gasteiger partial charge in [0.1, 0.15) is 11.6 Å². The van der Waals surface area contributed by atoms with Crippen LogP contribution in [0.15, 0.2) is 42.5 Å². The summed E-state index contributed by atoms with van der Waals surface area (Å²) >= 11 is 0. The molecule has 8 heteroatoms. The van der Waals surface area contributed by atoms with Crippen LogP contribution in [0, 0.1) is 13.8 Å². The summed E-state index contributed by atoms with van der Waals surface area (Å²) < 4.78 is 0. The van der Waals surface area contributed by atoms with E-state index in [-0.39, 0.29) is 12.3 Å². The van der Waals surface area contributed by atoms with E-state index in [0.717, 1.165) is 35.3 Å². The predicted octanol–water partition coefficient (Wildman–Crippen LogP) is 4.15. The fraction of sp³-hybridized carbons (Fsp3) is 0.407. The summed E-state index contributed by atoms with van der Waals surface area (Å²) in [5, 5.41) is 12.8. The van der Waals surface area contributed by atoms with Crippen molar-refractivity contribution in [3.05, 3.63) is 64.7 Å². The Morgan fingerprint density at radius 1 is 1.00 bits per heavy atom. The first kappa shape index (κ1) is 24.4. The van der Waals surface area contributed by atoms with Crippen molar-refractivity contribution in [1.82, 2.24) is 9.80 Å². The molecule has 4 amide bonds. The molecule has 1 heterocycles. The van der Waals surface area contributed by atoms with Crippen LogP contribution in [0.4, 0.5) is 10.5 Å². The molecule has 1 spiro atoms. The van der Waals surface area contributed by atoms with E-state index in [4.69, 9.17) is 0 Å². The maximum atomic E-state index is 13.4. The van der Waals surface area contributed by atoms with Gasteiger partial charge in [-0.1, -0.05) is 49.6 Å². The molecular weight excluding hydrogens is 446 g/mol.